The maximum absolute atomic E-state index is 13.0. The molecule has 0 radical (unpaired) electrons. The Labute approximate surface area is 216 Å². The fourth-order valence-corrected chi connectivity index (χ4v) is 5.29. The quantitative estimate of drug-likeness (QED) is 0.433. The first-order valence-electron chi connectivity index (χ1n) is 11.3. The summed E-state index contributed by atoms with van der Waals surface area (Å²) in [7, 11) is 0. The first-order valence-corrected chi connectivity index (χ1v) is 12.9. The van der Waals surface area contributed by atoms with Gasteiger partial charge >= 0.3 is 0 Å². The van der Waals surface area contributed by atoms with Crippen LogP contribution in [0, 0.1) is 0 Å². The van der Waals surface area contributed by atoms with Crippen LogP contribution in [0.2, 0.25) is 0 Å². The van der Waals surface area contributed by atoms with Gasteiger partial charge in [0.2, 0.25) is 5.91 Å². The number of piperazine rings is 1. The third-order valence-electron chi connectivity index (χ3n) is 6.08. The van der Waals surface area contributed by atoms with Gasteiger partial charge in [-0.25, -0.2) is 0 Å². The summed E-state index contributed by atoms with van der Waals surface area (Å²) >= 11 is 4.31. The second-order valence-corrected chi connectivity index (χ2v) is 10.2. The minimum Gasteiger partial charge on any atom is -0.368 e. The molecule has 0 N–H and O–H groups in total. The maximum atomic E-state index is 13.0. The molecule has 9 heteroatoms. The first kappa shape index (κ1) is 23.4. The van der Waals surface area contributed by atoms with E-state index in [1.807, 2.05) is 65.4 Å². The lowest BCUT2D eigenvalue weighted by molar-refractivity contribution is -0.136. The third kappa shape index (κ3) is 5.06. The minimum atomic E-state index is -0.431. The fraction of sp³-hybridized carbons (Fsp3) is 0.192. The number of hydrogen-bond donors (Lipinski definition) is 0. The van der Waals surface area contributed by atoms with E-state index >= 15 is 0 Å². The van der Waals surface area contributed by atoms with Gasteiger partial charge in [0.1, 0.15) is 6.54 Å². The lowest BCUT2D eigenvalue weighted by Gasteiger charge is -2.36. The number of benzene rings is 2. The van der Waals surface area contributed by atoms with E-state index in [1.165, 1.54) is 0 Å². The van der Waals surface area contributed by atoms with Crippen LogP contribution in [-0.2, 0) is 9.59 Å². The summed E-state index contributed by atoms with van der Waals surface area (Å²) in [5, 5.41) is -0.417. The van der Waals surface area contributed by atoms with E-state index in [0.717, 1.165) is 38.2 Å². The Kier molecular flexibility index (Phi) is 6.79. The van der Waals surface area contributed by atoms with Crippen LogP contribution in [0.1, 0.15) is 5.69 Å². The van der Waals surface area contributed by atoms with E-state index in [0.29, 0.717) is 31.1 Å². The highest BCUT2D eigenvalue weighted by Crippen LogP contribution is 2.33. The van der Waals surface area contributed by atoms with E-state index < -0.39 is 11.1 Å². The van der Waals surface area contributed by atoms with Crippen molar-refractivity contribution >= 4 is 56.5 Å². The predicted molar refractivity (Wildman–Crippen MR) is 141 cm³/mol. The summed E-state index contributed by atoms with van der Waals surface area (Å²) in [6.45, 7) is 2.30. The van der Waals surface area contributed by atoms with Gasteiger partial charge < -0.3 is 14.4 Å². The number of anilines is 1. The van der Waals surface area contributed by atoms with E-state index in [4.69, 9.17) is 0 Å². The summed E-state index contributed by atoms with van der Waals surface area (Å²) < 4.78 is 2.92. The normalized spacial score (nSPS) is 17.5. The summed E-state index contributed by atoms with van der Waals surface area (Å²) in [5.41, 5.74) is 2.85. The van der Waals surface area contributed by atoms with Crippen molar-refractivity contribution in [3.05, 3.63) is 88.0 Å². The zero-order valence-corrected chi connectivity index (χ0v) is 21.2. The van der Waals surface area contributed by atoms with Crippen LogP contribution < -0.4 is 4.90 Å². The van der Waals surface area contributed by atoms with Crippen LogP contribution in [-0.4, -0.2) is 64.1 Å². The van der Waals surface area contributed by atoms with Crippen LogP contribution in [0.4, 0.5) is 10.5 Å². The molecule has 2 aliphatic heterocycles. The average Bonchev–Trinajstić information content (AvgIpc) is 3.45. The molecule has 178 valence electrons. The van der Waals surface area contributed by atoms with Crippen LogP contribution in [0.25, 0.3) is 11.8 Å². The number of thioether (sulfide) groups is 1. The van der Waals surface area contributed by atoms with Crippen LogP contribution in [0.5, 0.6) is 0 Å². The van der Waals surface area contributed by atoms with Gasteiger partial charge in [-0.2, -0.15) is 0 Å². The molecule has 0 bridgehead atoms. The summed E-state index contributed by atoms with van der Waals surface area (Å²) in [6.07, 6.45) is 3.61. The number of amides is 3. The molecule has 0 spiro atoms. The number of aromatic nitrogens is 1. The van der Waals surface area contributed by atoms with Crippen molar-refractivity contribution in [2.45, 2.75) is 0 Å². The van der Waals surface area contributed by atoms with Gasteiger partial charge in [0.15, 0.2) is 0 Å². The van der Waals surface area contributed by atoms with Gasteiger partial charge in [-0.15, -0.1) is 0 Å². The molecule has 35 heavy (non-hydrogen) atoms. The Morgan fingerprint density at radius 1 is 0.886 bits per heavy atom. The van der Waals surface area contributed by atoms with Crippen molar-refractivity contribution in [1.82, 2.24) is 14.4 Å². The molecule has 0 saturated carbocycles. The molecule has 7 nitrogen and oxygen atoms in total. The topological polar surface area (TPSA) is 65.9 Å². The lowest BCUT2D eigenvalue weighted by Crippen LogP contribution is -2.51. The van der Waals surface area contributed by atoms with E-state index in [2.05, 4.69) is 33.0 Å². The van der Waals surface area contributed by atoms with Crippen molar-refractivity contribution in [3.8, 4) is 5.69 Å². The molecule has 1 aromatic heterocycles. The fourth-order valence-electron chi connectivity index (χ4n) is 4.21. The molecule has 0 atom stereocenters. The molecule has 3 heterocycles. The standard InChI is InChI=1S/C26H23BrN4O3S/c27-19-8-10-21(11-9-19)30-12-4-7-22(30)17-23-25(33)31(26(34)35-23)18-24(32)29-15-13-28(14-16-29)20-5-2-1-3-6-20/h1-12,17H,13-16,18H2/b23-17+. The van der Waals surface area contributed by atoms with Crippen molar-refractivity contribution in [3.63, 3.8) is 0 Å². The molecule has 3 amide bonds. The second kappa shape index (κ2) is 10.1. The molecule has 3 aromatic rings. The number of rotatable bonds is 5. The van der Waals surface area contributed by atoms with Gasteiger partial charge in [-0.05, 0) is 66.4 Å². The average molecular weight is 551 g/mol. The molecule has 5 rings (SSSR count). The number of para-hydroxylation sites is 1. The number of hydrogen-bond acceptors (Lipinski definition) is 5. The third-order valence-corrected chi connectivity index (χ3v) is 7.52. The first-order chi connectivity index (χ1) is 17.0. The Hall–Kier alpha value is -3.30. The zero-order valence-electron chi connectivity index (χ0n) is 18.8. The summed E-state index contributed by atoms with van der Waals surface area (Å²) in [4.78, 5) is 43.8. The minimum absolute atomic E-state index is 0.209. The number of halogens is 1. The van der Waals surface area contributed by atoms with Gasteiger partial charge in [0.25, 0.3) is 11.1 Å². The number of carbonyl (C=O) groups excluding carboxylic acids is 3. The molecule has 0 aliphatic carbocycles. The molecule has 2 saturated heterocycles. The SMILES string of the molecule is O=C(CN1C(=O)S/C(=C/c2cccn2-c2ccc(Br)cc2)C1=O)N1CCN(c2ccccc2)CC1. The maximum Gasteiger partial charge on any atom is 0.294 e. The van der Waals surface area contributed by atoms with E-state index in [9.17, 15) is 14.4 Å². The van der Waals surface area contributed by atoms with Crippen LogP contribution in [0.3, 0.4) is 0 Å². The van der Waals surface area contributed by atoms with Crippen molar-refractivity contribution in [2.24, 2.45) is 0 Å². The van der Waals surface area contributed by atoms with Gasteiger partial charge in [-0.1, -0.05) is 34.1 Å². The Morgan fingerprint density at radius 3 is 2.31 bits per heavy atom. The largest absolute Gasteiger partial charge is 0.368 e. The molecule has 2 fully saturated rings. The van der Waals surface area contributed by atoms with Gasteiger partial charge in [0, 0.05) is 53.9 Å². The van der Waals surface area contributed by atoms with E-state index in [1.54, 1.807) is 11.0 Å². The highest BCUT2D eigenvalue weighted by Gasteiger charge is 2.37. The zero-order chi connectivity index (χ0) is 24.4. The van der Waals surface area contributed by atoms with Crippen LogP contribution in [0.15, 0.2) is 82.3 Å². The van der Waals surface area contributed by atoms with Crippen molar-refractivity contribution in [1.29, 1.82) is 0 Å². The smallest absolute Gasteiger partial charge is 0.294 e. The number of carbonyl (C=O) groups is 3. The summed E-state index contributed by atoms with van der Waals surface area (Å²) in [6, 6.07) is 21.7. The Morgan fingerprint density at radius 2 is 1.60 bits per heavy atom. The highest BCUT2D eigenvalue weighted by molar-refractivity contribution is 9.10. The molecule has 2 aromatic carbocycles. The van der Waals surface area contributed by atoms with Gasteiger partial charge in [-0.3, -0.25) is 19.3 Å². The lowest BCUT2D eigenvalue weighted by atomic mass is 10.2. The monoisotopic (exact) mass is 550 g/mol. The molecule has 2 aliphatic rings. The Bertz CT molecular complexity index is 1280. The van der Waals surface area contributed by atoms with Crippen molar-refractivity contribution in [2.75, 3.05) is 37.6 Å². The number of nitrogens with zero attached hydrogens (tertiary/aromatic N) is 4. The Balaban J connectivity index is 1.24. The molecular formula is C26H23BrN4O3S. The number of imide groups is 1. The van der Waals surface area contributed by atoms with Crippen LogP contribution >= 0.6 is 27.7 Å². The molecular weight excluding hydrogens is 528 g/mol. The van der Waals surface area contributed by atoms with Crippen molar-refractivity contribution < 1.29 is 14.4 Å². The van der Waals surface area contributed by atoms with E-state index in [-0.39, 0.29) is 12.5 Å². The summed E-state index contributed by atoms with van der Waals surface area (Å²) in [5.74, 6) is -0.640. The van der Waals surface area contributed by atoms with Gasteiger partial charge in [0.05, 0.1) is 4.91 Å². The second-order valence-electron chi connectivity index (χ2n) is 8.25. The molecule has 0 unspecified atom stereocenters. The highest BCUT2D eigenvalue weighted by atomic mass is 79.9. The predicted octanol–water partition coefficient (Wildman–Crippen LogP) is 4.62.